The van der Waals surface area contributed by atoms with Crippen LogP contribution in [0.25, 0.3) is 0 Å². The molecule has 0 aromatic heterocycles. The van der Waals surface area contributed by atoms with Crippen molar-refractivity contribution in [3.8, 4) is 5.75 Å². The second kappa shape index (κ2) is 8.62. The van der Waals surface area contributed by atoms with Crippen LogP contribution < -0.4 is 15.4 Å². The normalized spacial score (nSPS) is 11.0. The lowest BCUT2D eigenvalue weighted by atomic mass is 9.90. The number of halogens is 2. The van der Waals surface area contributed by atoms with Gasteiger partial charge in [-0.2, -0.15) is 0 Å². The van der Waals surface area contributed by atoms with Crippen LogP contribution in [0.2, 0.25) is 0 Å². The standard InChI is InChI=1S/C20H22F2N2O3/c1-20(2,19(26)24-17-14(21)8-6-9-15(17)22)18(25)23-12-11-13-7-4-5-10-16(13)27-3/h4-10H,11-12H2,1-3H3,(H,23,25)(H,24,26). The fourth-order valence-corrected chi connectivity index (χ4v) is 2.43. The molecule has 0 aliphatic heterocycles. The van der Waals surface area contributed by atoms with Crippen molar-refractivity contribution in [2.45, 2.75) is 20.3 Å². The second-order valence-electron chi connectivity index (χ2n) is 6.49. The van der Waals surface area contributed by atoms with Crippen LogP contribution in [0.4, 0.5) is 14.5 Å². The van der Waals surface area contributed by atoms with E-state index < -0.39 is 34.6 Å². The van der Waals surface area contributed by atoms with Crippen molar-refractivity contribution in [3.63, 3.8) is 0 Å². The van der Waals surface area contributed by atoms with E-state index in [0.717, 1.165) is 17.7 Å². The molecule has 0 unspecified atom stereocenters. The van der Waals surface area contributed by atoms with Gasteiger partial charge in [0.05, 0.1) is 7.11 Å². The number of rotatable bonds is 7. The van der Waals surface area contributed by atoms with Crippen molar-refractivity contribution < 1.29 is 23.1 Å². The molecule has 0 aliphatic rings. The number of hydrogen-bond acceptors (Lipinski definition) is 3. The van der Waals surface area contributed by atoms with Gasteiger partial charge in [-0.05, 0) is 44.0 Å². The zero-order valence-corrected chi connectivity index (χ0v) is 15.4. The molecule has 0 radical (unpaired) electrons. The average Bonchev–Trinajstić information content (AvgIpc) is 2.64. The van der Waals surface area contributed by atoms with Crippen molar-refractivity contribution in [2.75, 3.05) is 19.0 Å². The minimum atomic E-state index is -1.52. The Kier molecular flexibility index (Phi) is 6.50. The van der Waals surface area contributed by atoms with Crippen LogP contribution in [0.1, 0.15) is 19.4 Å². The van der Waals surface area contributed by atoms with Crippen LogP contribution in [-0.4, -0.2) is 25.5 Å². The monoisotopic (exact) mass is 376 g/mol. The van der Waals surface area contributed by atoms with Crippen molar-refractivity contribution in [2.24, 2.45) is 5.41 Å². The van der Waals surface area contributed by atoms with E-state index in [-0.39, 0.29) is 6.54 Å². The lowest BCUT2D eigenvalue weighted by Gasteiger charge is -2.23. The van der Waals surface area contributed by atoms with Gasteiger partial charge in [0.25, 0.3) is 0 Å². The zero-order chi connectivity index (χ0) is 20.0. The molecule has 0 heterocycles. The van der Waals surface area contributed by atoms with E-state index in [9.17, 15) is 18.4 Å². The first kappa shape index (κ1) is 20.4. The highest BCUT2D eigenvalue weighted by Gasteiger charge is 2.36. The first-order valence-corrected chi connectivity index (χ1v) is 8.43. The fraction of sp³-hybridized carbons (Fsp3) is 0.300. The van der Waals surface area contributed by atoms with Gasteiger partial charge in [-0.25, -0.2) is 8.78 Å². The van der Waals surface area contributed by atoms with Gasteiger partial charge in [-0.3, -0.25) is 9.59 Å². The van der Waals surface area contributed by atoms with Crippen molar-refractivity contribution >= 4 is 17.5 Å². The number of methoxy groups -OCH3 is 1. The lowest BCUT2D eigenvalue weighted by molar-refractivity contribution is -0.138. The third kappa shape index (κ3) is 4.81. The molecule has 0 atom stereocenters. The topological polar surface area (TPSA) is 67.4 Å². The summed E-state index contributed by atoms with van der Waals surface area (Å²) < 4.78 is 32.6. The van der Waals surface area contributed by atoms with Crippen molar-refractivity contribution in [1.29, 1.82) is 0 Å². The number of anilines is 1. The summed E-state index contributed by atoms with van der Waals surface area (Å²) in [6, 6.07) is 10.6. The molecule has 5 nitrogen and oxygen atoms in total. The molecular weight excluding hydrogens is 354 g/mol. The highest BCUT2D eigenvalue weighted by Crippen LogP contribution is 2.23. The van der Waals surface area contributed by atoms with Crippen molar-refractivity contribution in [1.82, 2.24) is 5.32 Å². The van der Waals surface area contributed by atoms with Gasteiger partial charge in [0, 0.05) is 6.54 Å². The van der Waals surface area contributed by atoms with Crippen molar-refractivity contribution in [3.05, 3.63) is 59.7 Å². The van der Waals surface area contributed by atoms with Gasteiger partial charge >= 0.3 is 0 Å². The van der Waals surface area contributed by atoms with E-state index in [1.165, 1.54) is 19.9 Å². The molecule has 7 heteroatoms. The van der Waals surface area contributed by atoms with Gasteiger partial charge < -0.3 is 15.4 Å². The lowest BCUT2D eigenvalue weighted by Crippen LogP contribution is -2.45. The highest BCUT2D eigenvalue weighted by atomic mass is 19.1. The Hall–Kier alpha value is -2.96. The van der Waals surface area contributed by atoms with Crippen LogP contribution in [0, 0.1) is 17.0 Å². The number of para-hydroxylation sites is 2. The average molecular weight is 376 g/mol. The number of hydrogen-bond donors (Lipinski definition) is 2. The first-order chi connectivity index (χ1) is 12.8. The summed E-state index contributed by atoms with van der Waals surface area (Å²) in [4.78, 5) is 24.8. The number of nitrogens with one attached hydrogen (secondary N) is 2. The molecule has 27 heavy (non-hydrogen) atoms. The molecule has 0 bridgehead atoms. The Balaban J connectivity index is 1.98. The van der Waals surface area contributed by atoms with Crippen LogP contribution in [0.3, 0.4) is 0 Å². The largest absolute Gasteiger partial charge is 0.496 e. The Labute approximate surface area is 156 Å². The summed E-state index contributed by atoms with van der Waals surface area (Å²) in [5.74, 6) is -2.46. The summed E-state index contributed by atoms with van der Waals surface area (Å²) in [6.07, 6.45) is 0.509. The van der Waals surface area contributed by atoms with Gasteiger partial charge in [0.2, 0.25) is 11.8 Å². The fourth-order valence-electron chi connectivity index (χ4n) is 2.43. The Morgan fingerprint density at radius 1 is 1.00 bits per heavy atom. The molecule has 0 saturated carbocycles. The van der Waals surface area contributed by atoms with Crippen LogP contribution in [0.5, 0.6) is 5.75 Å². The number of amides is 2. The predicted molar refractivity (Wildman–Crippen MR) is 98.5 cm³/mol. The number of ether oxygens (including phenoxy) is 1. The zero-order valence-electron chi connectivity index (χ0n) is 15.4. The number of carbonyl (C=O) groups is 2. The summed E-state index contributed by atoms with van der Waals surface area (Å²) in [5.41, 5.74) is -1.18. The molecule has 0 saturated heterocycles. The van der Waals surface area contributed by atoms with E-state index in [1.807, 2.05) is 24.3 Å². The van der Waals surface area contributed by atoms with Crippen LogP contribution >= 0.6 is 0 Å². The smallest absolute Gasteiger partial charge is 0.239 e. The highest BCUT2D eigenvalue weighted by molar-refractivity contribution is 6.09. The quantitative estimate of drug-likeness (QED) is 0.729. The third-order valence-electron chi connectivity index (χ3n) is 4.21. The SMILES string of the molecule is COc1ccccc1CCNC(=O)C(C)(C)C(=O)Nc1c(F)cccc1F. The van der Waals surface area contributed by atoms with E-state index in [0.29, 0.717) is 12.2 Å². The summed E-state index contributed by atoms with van der Waals surface area (Å²) in [5, 5.41) is 4.83. The molecule has 2 aromatic carbocycles. The molecule has 0 fully saturated rings. The van der Waals surface area contributed by atoms with E-state index in [4.69, 9.17) is 4.74 Å². The van der Waals surface area contributed by atoms with Gasteiger partial charge in [-0.15, -0.1) is 0 Å². The van der Waals surface area contributed by atoms with Gasteiger partial charge in [0.15, 0.2) is 0 Å². The Bertz CT molecular complexity index is 817. The summed E-state index contributed by atoms with van der Waals surface area (Å²) in [6.45, 7) is 3.06. The number of benzene rings is 2. The van der Waals surface area contributed by atoms with Gasteiger partial charge in [-0.1, -0.05) is 24.3 Å². The van der Waals surface area contributed by atoms with E-state index in [2.05, 4.69) is 10.6 Å². The minimum absolute atomic E-state index is 0.282. The molecule has 0 spiro atoms. The molecule has 2 amide bonds. The molecule has 2 rings (SSSR count). The summed E-state index contributed by atoms with van der Waals surface area (Å²) in [7, 11) is 1.56. The maximum absolute atomic E-state index is 13.7. The predicted octanol–water partition coefficient (Wildman–Crippen LogP) is 3.30. The Morgan fingerprint density at radius 2 is 1.63 bits per heavy atom. The van der Waals surface area contributed by atoms with E-state index in [1.54, 1.807) is 7.11 Å². The minimum Gasteiger partial charge on any atom is -0.496 e. The Morgan fingerprint density at radius 3 is 2.26 bits per heavy atom. The molecular formula is C20H22F2N2O3. The maximum Gasteiger partial charge on any atom is 0.239 e. The second-order valence-corrected chi connectivity index (χ2v) is 6.49. The first-order valence-electron chi connectivity index (χ1n) is 8.43. The van der Waals surface area contributed by atoms with Crippen LogP contribution in [0.15, 0.2) is 42.5 Å². The molecule has 2 aromatic rings. The van der Waals surface area contributed by atoms with E-state index >= 15 is 0 Å². The molecule has 144 valence electrons. The molecule has 2 N–H and O–H groups in total. The summed E-state index contributed by atoms with van der Waals surface area (Å²) >= 11 is 0. The van der Waals surface area contributed by atoms with Crippen LogP contribution in [-0.2, 0) is 16.0 Å². The van der Waals surface area contributed by atoms with Gasteiger partial charge in [0.1, 0.15) is 28.5 Å². The third-order valence-corrected chi connectivity index (χ3v) is 4.21. The number of carbonyl (C=O) groups excluding carboxylic acids is 2. The maximum atomic E-state index is 13.7. The molecule has 0 aliphatic carbocycles.